The molecule has 2 fully saturated rings. The van der Waals surface area contributed by atoms with Crippen LogP contribution in [0.15, 0.2) is 16.6 Å². The molecule has 0 heterocycles. The highest BCUT2D eigenvalue weighted by Crippen LogP contribution is 2.46. The normalized spacial score (nSPS) is 20.8. The standard InChI is InChI=1S/C19H25BrO3/c1-13-10-15(19(18(21)22)8-3-2-4-9-19)17(16(20)11-13)23-12-14-6-5-7-14/h10-11,14H,2-9,12H2,1H3,(H,21,22). The molecule has 0 aromatic heterocycles. The lowest BCUT2D eigenvalue weighted by Gasteiger charge is -2.36. The number of carbonyl (C=O) groups is 1. The van der Waals surface area contributed by atoms with Crippen molar-refractivity contribution in [2.24, 2.45) is 5.92 Å². The van der Waals surface area contributed by atoms with Gasteiger partial charge in [0.2, 0.25) is 0 Å². The van der Waals surface area contributed by atoms with Gasteiger partial charge in [-0.1, -0.05) is 31.7 Å². The smallest absolute Gasteiger partial charge is 0.314 e. The number of hydrogen-bond acceptors (Lipinski definition) is 2. The van der Waals surface area contributed by atoms with Crippen LogP contribution >= 0.6 is 15.9 Å². The fraction of sp³-hybridized carbons (Fsp3) is 0.632. The Morgan fingerprint density at radius 2 is 1.96 bits per heavy atom. The molecule has 0 amide bonds. The Kier molecular flexibility index (Phi) is 5.00. The second-order valence-corrected chi connectivity index (χ2v) is 8.03. The maximum absolute atomic E-state index is 12.2. The third kappa shape index (κ3) is 3.28. The molecule has 2 saturated carbocycles. The van der Waals surface area contributed by atoms with Crippen molar-refractivity contribution in [1.29, 1.82) is 0 Å². The molecule has 0 bridgehead atoms. The van der Waals surface area contributed by atoms with Gasteiger partial charge in [0, 0.05) is 5.56 Å². The molecule has 1 aromatic carbocycles. The number of carboxylic acid groups (broad SMARTS) is 1. The molecule has 0 atom stereocenters. The predicted molar refractivity (Wildman–Crippen MR) is 94.1 cm³/mol. The quantitative estimate of drug-likeness (QED) is 0.760. The van der Waals surface area contributed by atoms with Crippen LogP contribution in [0, 0.1) is 12.8 Å². The largest absolute Gasteiger partial charge is 0.492 e. The van der Waals surface area contributed by atoms with Crippen molar-refractivity contribution in [3.8, 4) is 5.75 Å². The van der Waals surface area contributed by atoms with Gasteiger partial charge in [-0.15, -0.1) is 0 Å². The van der Waals surface area contributed by atoms with E-state index in [-0.39, 0.29) is 0 Å². The number of hydrogen-bond donors (Lipinski definition) is 1. The molecule has 2 aliphatic rings. The Bertz CT molecular complexity index is 587. The van der Waals surface area contributed by atoms with Crippen molar-refractivity contribution in [2.75, 3.05) is 6.61 Å². The van der Waals surface area contributed by atoms with Gasteiger partial charge in [-0.2, -0.15) is 0 Å². The van der Waals surface area contributed by atoms with Gasteiger partial charge in [0.05, 0.1) is 16.5 Å². The van der Waals surface area contributed by atoms with Crippen LogP contribution in [-0.4, -0.2) is 17.7 Å². The Morgan fingerprint density at radius 1 is 1.26 bits per heavy atom. The summed E-state index contributed by atoms with van der Waals surface area (Å²) in [6, 6.07) is 4.05. The minimum absolute atomic E-state index is 0.628. The molecular formula is C19H25BrO3. The summed E-state index contributed by atoms with van der Waals surface area (Å²) in [5.41, 5.74) is 1.16. The average molecular weight is 381 g/mol. The summed E-state index contributed by atoms with van der Waals surface area (Å²) in [7, 11) is 0. The van der Waals surface area contributed by atoms with Crippen LogP contribution < -0.4 is 4.74 Å². The van der Waals surface area contributed by atoms with Crippen LogP contribution in [0.1, 0.15) is 62.5 Å². The molecule has 126 valence electrons. The Labute approximate surface area is 146 Å². The molecule has 0 aliphatic heterocycles. The van der Waals surface area contributed by atoms with E-state index in [2.05, 4.69) is 15.9 Å². The van der Waals surface area contributed by atoms with Crippen LogP contribution in [0.4, 0.5) is 0 Å². The Balaban J connectivity index is 1.98. The lowest BCUT2D eigenvalue weighted by Crippen LogP contribution is -2.38. The van der Waals surface area contributed by atoms with E-state index in [1.165, 1.54) is 19.3 Å². The Morgan fingerprint density at radius 3 is 2.52 bits per heavy atom. The minimum Gasteiger partial charge on any atom is -0.492 e. The first-order valence-electron chi connectivity index (χ1n) is 8.70. The molecule has 0 saturated heterocycles. The van der Waals surface area contributed by atoms with Crippen molar-refractivity contribution in [2.45, 2.75) is 63.7 Å². The van der Waals surface area contributed by atoms with E-state index in [4.69, 9.17) is 4.74 Å². The van der Waals surface area contributed by atoms with Crippen LogP contribution in [0.2, 0.25) is 0 Å². The molecule has 23 heavy (non-hydrogen) atoms. The lowest BCUT2D eigenvalue weighted by atomic mass is 9.69. The highest BCUT2D eigenvalue weighted by Gasteiger charge is 2.44. The van der Waals surface area contributed by atoms with E-state index in [0.717, 1.165) is 40.6 Å². The maximum atomic E-state index is 12.2. The van der Waals surface area contributed by atoms with Crippen molar-refractivity contribution < 1.29 is 14.6 Å². The summed E-state index contributed by atoms with van der Waals surface area (Å²) in [4.78, 5) is 12.2. The first-order valence-corrected chi connectivity index (χ1v) is 9.49. The number of carboxylic acids is 1. The van der Waals surface area contributed by atoms with E-state index in [1.54, 1.807) is 0 Å². The molecule has 3 nitrogen and oxygen atoms in total. The number of ether oxygens (including phenoxy) is 1. The number of rotatable bonds is 5. The highest BCUT2D eigenvalue weighted by atomic mass is 79.9. The molecular weight excluding hydrogens is 356 g/mol. The van der Waals surface area contributed by atoms with Gasteiger partial charge < -0.3 is 9.84 Å². The average Bonchev–Trinajstić information content (AvgIpc) is 2.47. The fourth-order valence-corrected chi connectivity index (χ4v) is 4.53. The predicted octanol–water partition coefficient (Wildman–Crippen LogP) is 5.22. The lowest BCUT2D eigenvalue weighted by molar-refractivity contribution is -0.145. The summed E-state index contributed by atoms with van der Waals surface area (Å²) in [5.74, 6) is 0.679. The summed E-state index contributed by atoms with van der Waals surface area (Å²) in [6.45, 7) is 2.71. The van der Waals surface area contributed by atoms with Crippen molar-refractivity contribution in [3.63, 3.8) is 0 Å². The zero-order chi connectivity index (χ0) is 16.4. The number of benzene rings is 1. The molecule has 1 aromatic rings. The van der Waals surface area contributed by atoms with Gasteiger partial charge in [-0.05, 0) is 66.1 Å². The highest BCUT2D eigenvalue weighted by molar-refractivity contribution is 9.10. The van der Waals surface area contributed by atoms with Crippen molar-refractivity contribution in [1.82, 2.24) is 0 Å². The molecule has 0 spiro atoms. The van der Waals surface area contributed by atoms with Gasteiger partial charge in [-0.25, -0.2) is 0 Å². The first-order chi connectivity index (χ1) is 11.0. The van der Waals surface area contributed by atoms with Gasteiger partial charge >= 0.3 is 5.97 Å². The summed E-state index contributed by atoms with van der Waals surface area (Å²) in [5, 5.41) is 10.0. The molecule has 2 aliphatic carbocycles. The zero-order valence-corrected chi connectivity index (χ0v) is 15.3. The second-order valence-electron chi connectivity index (χ2n) is 7.18. The topological polar surface area (TPSA) is 46.5 Å². The van der Waals surface area contributed by atoms with E-state index in [9.17, 15) is 9.90 Å². The third-order valence-electron chi connectivity index (χ3n) is 5.51. The molecule has 4 heteroatoms. The monoisotopic (exact) mass is 380 g/mol. The second kappa shape index (κ2) is 6.84. The molecule has 0 radical (unpaired) electrons. The van der Waals surface area contributed by atoms with E-state index < -0.39 is 11.4 Å². The third-order valence-corrected chi connectivity index (χ3v) is 6.10. The number of aliphatic carboxylic acids is 1. The van der Waals surface area contributed by atoms with Crippen LogP contribution in [0.25, 0.3) is 0 Å². The fourth-order valence-electron chi connectivity index (χ4n) is 3.85. The van der Waals surface area contributed by atoms with Crippen molar-refractivity contribution in [3.05, 3.63) is 27.7 Å². The van der Waals surface area contributed by atoms with Gasteiger partial charge in [0.25, 0.3) is 0 Å². The van der Waals surface area contributed by atoms with Gasteiger partial charge in [-0.3, -0.25) is 4.79 Å². The molecule has 1 N–H and O–H groups in total. The maximum Gasteiger partial charge on any atom is 0.314 e. The zero-order valence-electron chi connectivity index (χ0n) is 13.7. The first kappa shape index (κ1) is 16.8. The summed E-state index contributed by atoms with van der Waals surface area (Å²) < 4.78 is 7.03. The molecule has 3 rings (SSSR count). The number of aryl methyl sites for hydroxylation is 1. The number of halogens is 1. The summed E-state index contributed by atoms with van der Waals surface area (Å²) >= 11 is 3.61. The van der Waals surface area contributed by atoms with Gasteiger partial charge in [0.15, 0.2) is 0 Å². The minimum atomic E-state index is -0.790. The van der Waals surface area contributed by atoms with Crippen molar-refractivity contribution >= 4 is 21.9 Å². The van der Waals surface area contributed by atoms with Crippen LogP contribution in [0.5, 0.6) is 5.75 Å². The van der Waals surface area contributed by atoms with Crippen LogP contribution in [0.3, 0.4) is 0 Å². The van der Waals surface area contributed by atoms with E-state index >= 15 is 0 Å². The van der Waals surface area contributed by atoms with Crippen LogP contribution in [-0.2, 0) is 10.2 Å². The SMILES string of the molecule is Cc1cc(Br)c(OCC2CCC2)c(C2(C(=O)O)CCCCC2)c1. The Hall–Kier alpha value is -1.03. The molecule has 0 unspecified atom stereocenters. The van der Waals surface area contributed by atoms with E-state index in [0.29, 0.717) is 25.4 Å². The summed E-state index contributed by atoms with van der Waals surface area (Å²) in [6.07, 6.45) is 8.22. The van der Waals surface area contributed by atoms with E-state index in [1.807, 2.05) is 19.1 Å². The van der Waals surface area contributed by atoms with Gasteiger partial charge in [0.1, 0.15) is 5.75 Å².